The Kier molecular flexibility index (Phi) is 3.81. The highest BCUT2D eigenvalue weighted by Gasteiger charge is 2.10. The number of carbonyl (C=O) groups excluding carboxylic acids is 1. The van der Waals surface area contributed by atoms with Crippen molar-refractivity contribution >= 4 is 33.0 Å². The fourth-order valence-electron chi connectivity index (χ4n) is 2.04. The lowest BCUT2D eigenvalue weighted by Crippen LogP contribution is -1.98. The Morgan fingerprint density at radius 1 is 0.850 bits per heavy atom. The van der Waals surface area contributed by atoms with Crippen LogP contribution in [-0.2, 0) is 0 Å². The van der Waals surface area contributed by atoms with Crippen LogP contribution in [0.25, 0.3) is 11.1 Å². The van der Waals surface area contributed by atoms with E-state index in [1.807, 2.05) is 53.9 Å². The van der Waals surface area contributed by atoms with Crippen molar-refractivity contribution in [3.8, 4) is 11.1 Å². The van der Waals surface area contributed by atoms with E-state index in [0.717, 1.165) is 26.0 Å². The molecule has 0 bridgehead atoms. The van der Waals surface area contributed by atoms with Gasteiger partial charge >= 0.3 is 0 Å². The zero-order valence-corrected chi connectivity index (χ0v) is 12.9. The first-order valence-corrected chi connectivity index (χ1v) is 7.85. The van der Waals surface area contributed by atoms with E-state index in [1.165, 1.54) is 11.3 Å². The molecular formula is C17H11BrOS. The van der Waals surface area contributed by atoms with Crippen LogP contribution in [0.4, 0.5) is 0 Å². The lowest BCUT2D eigenvalue weighted by atomic mass is 10.0. The Labute approximate surface area is 130 Å². The van der Waals surface area contributed by atoms with Gasteiger partial charge < -0.3 is 0 Å². The molecule has 0 saturated carbocycles. The highest BCUT2D eigenvalue weighted by atomic mass is 79.9. The van der Waals surface area contributed by atoms with Gasteiger partial charge in [-0.2, -0.15) is 0 Å². The van der Waals surface area contributed by atoms with Crippen molar-refractivity contribution in [1.29, 1.82) is 0 Å². The van der Waals surface area contributed by atoms with Gasteiger partial charge in [0.2, 0.25) is 0 Å². The van der Waals surface area contributed by atoms with Gasteiger partial charge in [0.05, 0.1) is 3.79 Å². The summed E-state index contributed by atoms with van der Waals surface area (Å²) in [4.78, 5) is 12.3. The molecule has 0 saturated heterocycles. The maximum absolute atomic E-state index is 12.3. The molecule has 0 spiro atoms. The second-order valence-electron chi connectivity index (χ2n) is 4.41. The minimum atomic E-state index is 0.0616. The number of rotatable bonds is 3. The van der Waals surface area contributed by atoms with E-state index in [-0.39, 0.29) is 5.78 Å². The van der Waals surface area contributed by atoms with E-state index < -0.39 is 0 Å². The summed E-state index contributed by atoms with van der Waals surface area (Å²) in [6.45, 7) is 0. The van der Waals surface area contributed by atoms with Crippen LogP contribution in [0.15, 0.2) is 69.8 Å². The molecule has 1 heterocycles. The van der Waals surface area contributed by atoms with E-state index in [0.29, 0.717) is 0 Å². The van der Waals surface area contributed by atoms with Gasteiger partial charge in [-0.05, 0) is 33.1 Å². The van der Waals surface area contributed by atoms with Gasteiger partial charge in [0, 0.05) is 16.5 Å². The fourth-order valence-corrected chi connectivity index (χ4v) is 3.18. The van der Waals surface area contributed by atoms with Crippen molar-refractivity contribution in [1.82, 2.24) is 0 Å². The maximum atomic E-state index is 12.3. The van der Waals surface area contributed by atoms with Crippen molar-refractivity contribution in [3.63, 3.8) is 0 Å². The Balaban J connectivity index is 1.88. The highest BCUT2D eigenvalue weighted by Crippen LogP contribution is 2.24. The summed E-state index contributed by atoms with van der Waals surface area (Å²) >= 11 is 4.90. The standard InChI is InChI=1S/C17H11BrOS/c18-16-10-15(11-20-16)17(19)14-8-6-13(7-9-14)12-4-2-1-3-5-12/h1-11H. The second-order valence-corrected chi connectivity index (χ2v) is 6.70. The van der Waals surface area contributed by atoms with Crippen LogP contribution in [0.3, 0.4) is 0 Å². The van der Waals surface area contributed by atoms with Crippen molar-refractivity contribution < 1.29 is 4.79 Å². The largest absolute Gasteiger partial charge is 0.289 e. The summed E-state index contributed by atoms with van der Waals surface area (Å²) < 4.78 is 0.974. The quantitative estimate of drug-likeness (QED) is 0.581. The zero-order valence-electron chi connectivity index (χ0n) is 10.5. The number of ketones is 1. The van der Waals surface area contributed by atoms with Gasteiger partial charge in [0.25, 0.3) is 0 Å². The third-order valence-corrected chi connectivity index (χ3v) is 4.59. The molecule has 0 fully saturated rings. The summed E-state index contributed by atoms with van der Waals surface area (Å²) in [5.41, 5.74) is 3.72. The molecule has 0 amide bonds. The Hall–Kier alpha value is -1.71. The van der Waals surface area contributed by atoms with E-state index in [9.17, 15) is 4.79 Å². The van der Waals surface area contributed by atoms with Gasteiger partial charge in [-0.1, -0.05) is 54.6 Å². The van der Waals surface area contributed by atoms with Crippen molar-refractivity contribution in [2.45, 2.75) is 0 Å². The molecule has 3 rings (SSSR count). The Morgan fingerprint density at radius 2 is 1.50 bits per heavy atom. The van der Waals surface area contributed by atoms with Gasteiger partial charge in [-0.15, -0.1) is 11.3 Å². The smallest absolute Gasteiger partial charge is 0.193 e. The molecule has 3 aromatic rings. The predicted octanol–water partition coefficient (Wildman–Crippen LogP) is 5.41. The van der Waals surface area contributed by atoms with Crippen LogP contribution < -0.4 is 0 Å². The SMILES string of the molecule is O=C(c1ccc(-c2ccccc2)cc1)c1csc(Br)c1. The van der Waals surface area contributed by atoms with Crippen molar-refractivity contribution in [2.75, 3.05) is 0 Å². The first kappa shape index (κ1) is 13.3. The molecule has 0 aliphatic carbocycles. The third kappa shape index (κ3) is 2.74. The van der Waals surface area contributed by atoms with Gasteiger partial charge in [-0.3, -0.25) is 4.79 Å². The van der Waals surface area contributed by atoms with Gasteiger partial charge in [0.15, 0.2) is 5.78 Å². The Morgan fingerprint density at radius 3 is 2.10 bits per heavy atom. The molecule has 20 heavy (non-hydrogen) atoms. The molecule has 98 valence electrons. The van der Waals surface area contributed by atoms with Crippen LogP contribution >= 0.6 is 27.3 Å². The molecule has 3 heteroatoms. The second kappa shape index (κ2) is 5.73. The Bertz CT molecular complexity index is 729. The van der Waals surface area contributed by atoms with Gasteiger partial charge in [0.1, 0.15) is 0 Å². The van der Waals surface area contributed by atoms with Crippen LogP contribution in [0.5, 0.6) is 0 Å². The average Bonchev–Trinajstić information content (AvgIpc) is 2.94. The lowest BCUT2D eigenvalue weighted by molar-refractivity contribution is 0.103. The van der Waals surface area contributed by atoms with Crippen molar-refractivity contribution in [2.24, 2.45) is 0 Å². The number of hydrogen-bond acceptors (Lipinski definition) is 2. The first-order valence-electron chi connectivity index (χ1n) is 6.18. The molecule has 0 atom stereocenters. The molecule has 0 aliphatic rings. The van der Waals surface area contributed by atoms with E-state index in [2.05, 4.69) is 28.1 Å². The third-order valence-electron chi connectivity index (χ3n) is 3.08. The first-order chi connectivity index (χ1) is 9.74. The predicted molar refractivity (Wildman–Crippen MR) is 87.3 cm³/mol. The monoisotopic (exact) mass is 342 g/mol. The van der Waals surface area contributed by atoms with E-state index >= 15 is 0 Å². The summed E-state index contributed by atoms with van der Waals surface area (Å²) in [5.74, 6) is 0.0616. The molecule has 0 N–H and O–H groups in total. The maximum Gasteiger partial charge on any atom is 0.193 e. The van der Waals surface area contributed by atoms with E-state index in [1.54, 1.807) is 0 Å². The van der Waals surface area contributed by atoms with Crippen LogP contribution in [0.1, 0.15) is 15.9 Å². The molecule has 0 aliphatic heterocycles. The van der Waals surface area contributed by atoms with E-state index in [4.69, 9.17) is 0 Å². The minimum absolute atomic E-state index is 0.0616. The normalized spacial score (nSPS) is 10.4. The lowest BCUT2D eigenvalue weighted by Gasteiger charge is -2.03. The molecule has 0 radical (unpaired) electrons. The zero-order chi connectivity index (χ0) is 13.9. The number of hydrogen-bond donors (Lipinski definition) is 0. The van der Waals surface area contributed by atoms with Gasteiger partial charge in [-0.25, -0.2) is 0 Å². The van der Waals surface area contributed by atoms with Crippen LogP contribution in [0, 0.1) is 0 Å². The van der Waals surface area contributed by atoms with Crippen molar-refractivity contribution in [3.05, 3.63) is 81.0 Å². The number of benzene rings is 2. The van der Waals surface area contributed by atoms with Crippen LogP contribution in [0.2, 0.25) is 0 Å². The number of halogens is 1. The highest BCUT2D eigenvalue weighted by molar-refractivity contribution is 9.11. The molecule has 2 aromatic carbocycles. The minimum Gasteiger partial charge on any atom is -0.289 e. The summed E-state index contributed by atoms with van der Waals surface area (Å²) in [7, 11) is 0. The topological polar surface area (TPSA) is 17.1 Å². The summed E-state index contributed by atoms with van der Waals surface area (Å²) in [6, 6.07) is 19.8. The fraction of sp³-hybridized carbons (Fsp3) is 0. The molecule has 1 nitrogen and oxygen atoms in total. The van der Waals surface area contributed by atoms with Crippen LogP contribution in [-0.4, -0.2) is 5.78 Å². The summed E-state index contributed by atoms with van der Waals surface area (Å²) in [5, 5.41) is 1.87. The molecule has 0 unspecified atom stereocenters. The average molecular weight is 343 g/mol. The number of thiophene rings is 1. The number of carbonyl (C=O) groups is 1. The molecular weight excluding hydrogens is 332 g/mol. The molecule has 1 aromatic heterocycles. The summed E-state index contributed by atoms with van der Waals surface area (Å²) in [6.07, 6.45) is 0.